The van der Waals surface area contributed by atoms with E-state index in [0.717, 1.165) is 17.7 Å². The normalized spacial score (nSPS) is 20.6. The van der Waals surface area contributed by atoms with Crippen molar-refractivity contribution in [2.24, 2.45) is 5.92 Å². The number of rotatable bonds is 5. The molecule has 0 radical (unpaired) electrons. The van der Waals surface area contributed by atoms with Gasteiger partial charge in [-0.1, -0.05) is 86.8 Å². The lowest BCUT2D eigenvalue weighted by Crippen LogP contribution is -2.50. The Bertz CT molecular complexity index is 687. The topological polar surface area (TPSA) is 23.5 Å². The highest BCUT2D eigenvalue weighted by Gasteiger charge is 2.45. The van der Waals surface area contributed by atoms with Gasteiger partial charge >= 0.3 is 0 Å². The van der Waals surface area contributed by atoms with E-state index in [1.165, 1.54) is 51.5 Å². The SMILES string of the molecule is Br.CC(CN1CCCC12CCCCC2)C(O)(c1ccccc1)c1ccccc1. The zero-order valence-corrected chi connectivity index (χ0v) is 18.7. The largest absolute Gasteiger partial charge is 0.380 e. The van der Waals surface area contributed by atoms with Crippen molar-refractivity contribution in [3.05, 3.63) is 71.8 Å². The summed E-state index contributed by atoms with van der Waals surface area (Å²) in [6, 6.07) is 20.5. The molecule has 2 aromatic carbocycles. The predicted molar refractivity (Wildman–Crippen MR) is 122 cm³/mol. The summed E-state index contributed by atoms with van der Waals surface area (Å²) < 4.78 is 0. The van der Waals surface area contributed by atoms with Gasteiger partial charge in [-0.15, -0.1) is 17.0 Å². The first kappa shape index (κ1) is 21.5. The monoisotopic (exact) mass is 443 g/mol. The molecule has 1 N–H and O–H groups in total. The van der Waals surface area contributed by atoms with Crippen molar-refractivity contribution < 1.29 is 5.11 Å². The third-order valence-electron chi connectivity index (χ3n) is 7.16. The highest BCUT2D eigenvalue weighted by molar-refractivity contribution is 8.93. The fraction of sp³-hybridized carbons (Fsp3) is 0.520. The van der Waals surface area contributed by atoms with E-state index in [4.69, 9.17) is 0 Å². The van der Waals surface area contributed by atoms with Crippen molar-refractivity contribution in [2.45, 2.75) is 63.0 Å². The summed E-state index contributed by atoms with van der Waals surface area (Å²) in [7, 11) is 0. The summed E-state index contributed by atoms with van der Waals surface area (Å²) in [4.78, 5) is 2.73. The molecule has 1 saturated heterocycles. The van der Waals surface area contributed by atoms with Crippen LogP contribution in [0.15, 0.2) is 60.7 Å². The van der Waals surface area contributed by atoms with Gasteiger partial charge in [-0.2, -0.15) is 0 Å². The molecule has 1 aliphatic heterocycles. The molecule has 2 aliphatic rings. The maximum atomic E-state index is 12.0. The van der Waals surface area contributed by atoms with Crippen molar-refractivity contribution >= 4 is 17.0 Å². The molecule has 0 aromatic heterocycles. The Kier molecular flexibility index (Phi) is 7.01. The van der Waals surface area contributed by atoms with E-state index in [9.17, 15) is 5.11 Å². The Hall–Kier alpha value is -1.16. The average molecular weight is 444 g/mol. The van der Waals surface area contributed by atoms with E-state index in [2.05, 4.69) is 36.1 Å². The number of hydrogen-bond donors (Lipinski definition) is 1. The fourth-order valence-electron chi connectivity index (χ4n) is 5.64. The molecular formula is C25H34BrNO. The number of halogens is 1. The number of hydrogen-bond acceptors (Lipinski definition) is 2. The Morgan fingerprint density at radius 3 is 1.89 bits per heavy atom. The van der Waals surface area contributed by atoms with Crippen molar-refractivity contribution in [1.82, 2.24) is 4.90 Å². The van der Waals surface area contributed by atoms with Crippen LogP contribution in [0.25, 0.3) is 0 Å². The van der Waals surface area contributed by atoms with Crippen molar-refractivity contribution in [2.75, 3.05) is 13.1 Å². The molecular weight excluding hydrogens is 410 g/mol. The van der Waals surface area contributed by atoms with E-state index >= 15 is 0 Å². The first-order chi connectivity index (χ1) is 13.2. The quantitative estimate of drug-likeness (QED) is 0.618. The standard InChI is InChI=1S/C25H33NO.BrH/c1-21(20-26-19-11-18-24(26)16-9-4-10-17-24)25(27,22-12-5-2-6-13-22)23-14-7-3-8-15-23;/h2-3,5-8,12-15,21,27H,4,9-11,16-20H2,1H3;1H. The van der Waals surface area contributed by atoms with Crippen molar-refractivity contribution in [1.29, 1.82) is 0 Å². The molecule has 1 unspecified atom stereocenters. The first-order valence-corrected chi connectivity index (χ1v) is 10.7. The van der Waals surface area contributed by atoms with Crippen LogP contribution in [-0.4, -0.2) is 28.6 Å². The number of aliphatic hydroxyl groups is 1. The van der Waals surface area contributed by atoms with Crippen LogP contribution in [0, 0.1) is 5.92 Å². The van der Waals surface area contributed by atoms with Crippen LogP contribution in [0.4, 0.5) is 0 Å². The molecule has 1 saturated carbocycles. The van der Waals surface area contributed by atoms with E-state index in [1.54, 1.807) is 0 Å². The van der Waals surface area contributed by atoms with Gasteiger partial charge in [0.25, 0.3) is 0 Å². The summed E-state index contributed by atoms with van der Waals surface area (Å²) in [5, 5.41) is 12.0. The van der Waals surface area contributed by atoms with Gasteiger partial charge in [-0.25, -0.2) is 0 Å². The Morgan fingerprint density at radius 2 is 1.36 bits per heavy atom. The third kappa shape index (κ3) is 3.94. The van der Waals surface area contributed by atoms with E-state index < -0.39 is 5.60 Å². The zero-order chi connectivity index (χ0) is 18.7. The zero-order valence-electron chi connectivity index (χ0n) is 17.0. The van der Waals surface area contributed by atoms with Gasteiger partial charge in [0.1, 0.15) is 5.60 Å². The molecule has 1 aliphatic carbocycles. The molecule has 2 nitrogen and oxygen atoms in total. The van der Waals surface area contributed by atoms with Gasteiger partial charge in [0.2, 0.25) is 0 Å². The fourth-order valence-corrected chi connectivity index (χ4v) is 5.64. The number of likely N-dealkylation sites (tertiary alicyclic amines) is 1. The maximum Gasteiger partial charge on any atom is 0.118 e. The van der Waals surface area contributed by atoms with E-state index in [1.807, 2.05) is 36.4 Å². The lowest BCUT2D eigenvalue weighted by molar-refractivity contribution is -0.0126. The average Bonchev–Trinajstić information content (AvgIpc) is 3.10. The molecule has 0 bridgehead atoms. The summed E-state index contributed by atoms with van der Waals surface area (Å²) in [6.07, 6.45) is 9.46. The van der Waals surface area contributed by atoms with Crippen LogP contribution in [0.2, 0.25) is 0 Å². The molecule has 4 rings (SSSR count). The molecule has 2 aromatic rings. The molecule has 28 heavy (non-hydrogen) atoms. The summed E-state index contributed by atoms with van der Waals surface area (Å²) in [5.74, 6) is 0.124. The van der Waals surface area contributed by atoms with Gasteiger partial charge in [-0.3, -0.25) is 4.90 Å². The van der Waals surface area contributed by atoms with Gasteiger partial charge in [0.15, 0.2) is 0 Å². The Balaban J connectivity index is 0.00000225. The van der Waals surface area contributed by atoms with Crippen LogP contribution >= 0.6 is 17.0 Å². The highest BCUT2D eigenvalue weighted by atomic mass is 79.9. The Labute approximate surface area is 180 Å². The van der Waals surface area contributed by atoms with Gasteiger partial charge in [0.05, 0.1) is 0 Å². The van der Waals surface area contributed by atoms with Crippen LogP contribution in [0.1, 0.15) is 63.0 Å². The number of nitrogens with zero attached hydrogens (tertiary/aromatic N) is 1. The van der Waals surface area contributed by atoms with Crippen LogP contribution < -0.4 is 0 Å². The lowest BCUT2D eigenvalue weighted by Gasteiger charge is -2.45. The first-order valence-electron chi connectivity index (χ1n) is 10.7. The third-order valence-corrected chi connectivity index (χ3v) is 7.16. The number of benzene rings is 2. The van der Waals surface area contributed by atoms with Gasteiger partial charge in [0, 0.05) is 18.0 Å². The van der Waals surface area contributed by atoms with Crippen LogP contribution in [-0.2, 0) is 5.60 Å². The summed E-state index contributed by atoms with van der Waals surface area (Å²) >= 11 is 0. The minimum absolute atomic E-state index is 0. The summed E-state index contributed by atoms with van der Waals surface area (Å²) in [6.45, 7) is 4.37. The molecule has 0 amide bonds. The highest BCUT2D eigenvalue weighted by Crippen LogP contribution is 2.44. The van der Waals surface area contributed by atoms with E-state index in [-0.39, 0.29) is 22.9 Å². The second kappa shape index (κ2) is 9.11. The second-order valence-corrected chi connectivity index (χ2v) is 8.73. The van der Waals surface area contributed by atoms with Gasteiger partial charge < -0.3 is 5.11 Å². The van der Waals surface area contributed by atoms with Crippen molar-refractivity contribution in [3.8, 4) is 0 Å². The molecule has 2 fully saturated rings. The predicted octanol–water partition coefficient (Wildman–Crippen LogP) is 5.94. The Morgan fingerprint density at radius 1 is 0.857 bits per heavy atom. The lowest BCUT2D eigenvalue weighted by atomic mass is 9.75. The molecule has 1 atom stereocenters. The minimum atomic E-state index is -0.957. The maximum absolute atomic E-state index is 12.0. The smallest absolute Gasteiger partial charge is 0.118 e. The minimum Gasteiger partial charge on any atom is -0.380 e. The molecule has 152 valence electrons. The van der Waals surface area contributed by atoms with Crippen LogP contribution in [0.3, 0.4) is 0 Å². The molecule has 3 heteroatoms. The molecule has 1 spiro atoms. The second-order valence-electron chi connectivity index (χ2n) is 8.73. The van der Waals surface area contributed by atoms with Gasteiger partial charge in [-0.05, 0) is 43.4 Å². The van der Waals surface area contributed by atoms with Crippen molar-refractivity contribution in [3.63, 3.8) is 0 Å². The molecule has 1 heterocycles. The van der Waals surface area contributed by atoms with E-state index in [0.29, 0.717) is 5.54 Å². The summed E-state index contributed by atoms with van der Waals surface area (Å²) in [5.41, 5.74) is 1.45. The van der Waals surface area contributed by atoms with Crippen LogP contribution in [0.5, 0.6) is 0 Å².